The second kappa shape index (κ2) is 4.82. The van der Waals surface area contributed by atoms with E-state index in [2.05, 4.69) is 9.97 Å². The first-order chi connectivity index (χ1) is 6.96. The molecule has 0 aliphatic carbocycles. The van der Waals surface area contributed by atoms with Gasteiger partial charge in [0.15, 0.2) is 0 Å². The monoisotopic (exact) mass is 241 g/mol. The minimum absolute atomic E-state index is 0.0882. The maximum absolute atomic E-state index is 8.77. The molecule has 0 saturated carbocycles. The van der Waals surface area contributed by atoms with Crippen molar-refractivity contribution < 1.29 is 0 Å². The number of nitrogens with zero attached hydrogens (tertiary/aromatic N) is 3. The highest BCUT2D eigenvalue weighted by atomic mass is 35.5. The lowest BCUT2D eigenvalue weighted by Crippen LogP contribution is -2.16. The van der Waals surface area contributed by atoms with Crippen LogP contribution in [0.2, 0.25) is 0 Å². The third-order valence-corrected chi connectivity index (χ3v) is 3.57. The molecule has 1 aromatic rings. The molecule has 0 amide bonds. The number of nitriles is 1. The summed E-state index contributed by atoms with van der Waals surface area (Å²) in [5.74, 6) is 1.14. The first kappa shape index (κ1) is 12.3. The molecule has 0 radical (unpaired) electrons. The van der Waals surface area contributed by atoms with E-state index in [9.17, 15) is 0 Å². The highest BCUT2D eigenvalue weighted by Gasteiger charge is 2.19. The van der Waals surface area contributed by atoms with Crippen molar-refractivity contribution in [1.29, 1.82) is 5.26 Å². The van der Waals surface area contributed by atoms with Crippen LogP contribution in [-0.4, -0.2) is 20.6 Å². The Kier molecular flexibility index (Phi) is 3.95. The van der Waals surface area contributed by atoms with E-state index in [4.69, 9.17) is 16.9 Å². The van der Waals surface area contributed by atoms with Crippen molar-refractivity contribution in [3.05, 3.63) is 17.6 Å². The standard InChI is InChI=1S/C10H12ClN3S/c1-7-13-8(5-12)4-9(14-7)15-10(2,3)6-11/h4H,6H2,1-3H3. The van der Waals surface area contributed by atoms with E-state index < -0.39 is 0 Å². The largest absolute Gasteiger partial charge is 0.227 e. The summed E-state index contributed by atoms with van der Waals surface area (Å²) in [5.41, 5.74) is 0.398. The molecule has 5 heteroatoms. The van der Waals surface area contributed by atoms with Crippen molar-refractivity contribution in [3.8, 4) is 6.07 Å². The van der Waals surface area contributed by atoms with Crippen LogP contribution in [0.3, 0.4) is 0 Å². The summed E-state index contributed by atoms with van der Waals surface area (Å²) in [7, 11) is 0. The summed E-state index contributed by atoms with van der Waals surface area (Å²) in [6.45, 7) is 5.85. The van der Waals surface area contributed by atoms with Gasteiger partial charge in [-0.05, 0) is 20.8 Å². The Morgan fingerprint density at radius 2 is 2.20 bits per heavy atom. The predicted molar refractivity (Wildman–Crippen MR) is 62.1 cm³/mol. The van der Waals surface area contributed by atoms with Gasteiger partial charge < -0.3 is 0 Å². The first-order valence-corrected chi connectivity index (χ1v) is 5.83. The van der Waals surface area contributed by atoms with Crippen molar-refractivity contribution in [2.45, 2.75) is 30.5 Å². The van der Waals surface area contributed by atoms with Gasteiger partial charge in [-0.3, -0.25) is 0 Å². The fourth-order valence-corrected chi connectivity index (χ4v) is 2.09. The summed E-state index contributed by atoms with van der Waals surface area (Å²) in [6.07, 6.45) is 0. The Morgan fingerprint density at radius 1 is 1.53 bits per heavy atom. The van der Waals surface area contributed by atoms with E-state index >= 15 is 0 Å². The van der Waals surface area contributed by atoms with Gasteiger partial charge in [0.05, 0.1) is 0 Å². The number of thioether (sulfide) groups is 1. The minimum atomic E-state index is -0.0882. The lowest BCUT2D eigenvalue weighted by Gasteiger charge is -2.19. The molecule has 15 heavy (non-hydrogen) atoms. The van der Waals surface area contributed by atoms with Gasteiger partial charge in [0, 0.05) is 16.7 Å². The van der Waals surface area contributed by atoms with E-state index in [0.717, 1.165) is 5.03 Å². The SMILES string of the molecule is Cc1nc(C#N)cc(SC(C)(C)CCl)n1. The topological polar surface area (TPSA) is 49.6 Å². The molecule has 1 aromatic heterocycles. The van der Waals surface area contributed by atoms with Crippen molar-refractivity contribution in [2.24, 2.45) is 0 Å². The van der Waals surface area contributed by atoms with Crippen molar-refractivity contribution in [1.82, 2.24) is 9.97 Å². The highest BCUT2D eigenvalue weighted by molar-refractivity contribution is 8.00. The lowest BCUT2D eigenvalue weighted by molar-refractivity contribution is 0.804. The van der Waals surface area contributed by atoms with Gasteiger partial charge >= 0.3 is 0 Å². The molecule has 80 valence electrons. The van der Waals surface area contributed by atoms with Crippen LogP contribution in [0.4, 0.5) is 0 Å². The zero-order chi connectivity index (χ0) is 11.5. The number of hydrogen-bond acceptors (Lipinski definition) is 4. The summed E-state index contributed by atoms with van der Waals surface area (Å²) >= 11 is 7.38. The van der Waals surface area contributed by atoms with Gasteiger partial charge in [0.25, 0.3) is 0 Å². The minimum Gasteiger partial charge on any atom is -0.227 e. The van der Waals surface area contributed by atoms with Crippen molar-refractivity contribution >= 4 is 23.4 Å². The molecule has 0 atom stereocenters. The second-order valence-electron chi connectivity index (χ2n) is 3.75. The maximum atomic E-state index is 8.77. The Hall–Kier alpha value is -0.790. The average Bonchev–Trinajstić information content (AvgIpc) is 2.16. The van der Waals surface area contributed by atoms with Crippen molar-refractivity contribution in [3.63, 3.8) is 0 Å². The van der Waals surface area contributed by atoms with E-state index in [1.807, 2.05) is 19.9 Å². The summed E-state index contributed by atoms with van der Waals surface area (Å²) < 4.78 is -0.0882. The van der Waals surface area contributed by atoms with Crippen LogP contribution >= 0.6 is 23.4 Å². The number of halogens is 1. The fourth-order valence-electron chi connectivity index (χ4n) is 0.960. The van der Waals surface area contributed by atoms with E-state index in [1.165, 1.54) is 0 Å². The summed E-state index contributed by atoms with van der Waals surface area (Å²) in [5, 5.41) is 9.56. The average molecular weight is 242 g/mol. The van der Waals surface area contributed by atoms with E-state index in [0.29, 0.717) is 17.4 Å². The van der Waals surface area contributed by atoms with E-state index in [-0.39, 0.29) is 4.75 Å². The van der Waals surface area contributed by atoms with Crippen LogP contribution in [0.15, 0.2) is 11.1 Å². The molecule has 1 heterocycles. The molecule has 0 N–H and O–H groups in total. The van der Waals surface area contributed by atoms with Crippen LogP contribution < -0.4 is 0 Å². The Bertz CT molecular complexity index is 398. The third kappa shape index (κ3) is 3.69. The summed E-state index contributed by atoms with van der Waals surface area (Å²) in [4.78, 5) is 8.25. The number of alkyl halides is 1. The molecule has 0 unspecified atom stereocenters. The van der Waals surface area contributed by atoms with Crippen LogP contribution in [0.1, 0.15) is 25.4 Å². The van der Waals surface area contributed by atoms with Gasteiger partial charge in [-0.2, -0.15) is 5.26 Å². The molecule has 0 spiro atoms. The first-order valence-electron chi connectivity index (χ1n) is 4.47. The van der Waals surface area contributed by atoms with Gasteiger partial charge in [0.2, 0.25) is 0 Å². The zero-order valence-corrected chi connectivity index (χ0v) is 10.5. The number of aryl methyl sites for hydroxylation is 1. The van der Waals surface area contributed by atoms with Gasteiger partial charge in [0.1, 0.15) is 22.6 Å². The molecule has 3 nitrogen and oxygen atoms in total. The van der Waals surface area contributed by atoms with Crippen LogP contribution in [0, 0.1) is 18.3 Å². The molecule has 0 fully saturated rings. The zero-order valence-electron chi connectivity index (χ0n) is 8.91. The molecule has 0 saturated heterocycles. The number of rotatable bonds is 3. The van der Waals surface area contributed by atoms with Crippen molar-refractivity contribution in [2.75, 3.05) is 5.88 Å². The van der Waals surface area contributed by atoms with E-state index in [1.54, 1.807) is 24.8 Å². The molecule has 0 aliphatic heterocycles. The number of aromatic nitrogens is 2. The Balaban J connectivity index is 2.96. The second-order valence-corrected chi connectivity index (χ2v) is 5.74. The van der Waals surface area contributed by atoms with Crippen LogP contribution in [0.25, 0.3) is 0 Å². The normalized spacial score (nSPS) is 11.1. The predicted octanol–water partition coefficient (Wildman–Crippen LogP) is 2.77. The molecule has 1 rings (SSSR count). The molecule has 0 aromatic carbocycles. The quantitative estimate of drug-likeness (QED) is 0.464. The lowest BCUT2D eigenvalue weighted by atomic mass is 10.2. The smallest absolute Gasteiger partial charge is 0.145 e. The van der Waals surface area contributed by atoms with Gasteiger partial charge in [-0.15, -0.1) is 11.6 Å². The Labute approximate surface area is 98.9 Å². The molecular weight excluding hydrogens is 230 g/mol. The molecular formula is C10H12ClN3S. The molecule has 0 aliphatic rings. The summed E-state index contributed by atoms with van der Waals surface area (Å²) in [6, 6.07) is 3.70. The van der Waals surface area contributed by atoms with Gasteiger partial charge in [-0.1, -0.05) is 11.8 Å². The molecule has 0 bridgehead atoms. The Morgan fingerprint density at radius 3 is 2.73 bits per heavy atom. The van der Waals surface area contributed by atoms with Crippen LogP contribution in [0.5, 0.6) is 0 Å². The maximum Gasteiger partial charge on any atom is 0.145 e. The van der Waals surface area contributed by atoms with Gasteiger partial charge in [-0.25, -0.2) is 9.97 Å². The third-order valence-electron chi connectivity index (χ3n) is 1.63. The fraction of sp³-hybridized carbons (Fsp3) is 0.500. The number of hydrogen-bond donors (Lipinski definition) is 0. The van der Waals surface area contributed by atoms with Crippen LogP contribution in [-0.2, 0) is 0 Å². The highest BCUT2D eigenvalue weighted by Crippen LogP contribution is 2.32.